The fourth-order valence-corrected chi connectivity index (χ4v) is 4.37. The van der Waals surface area contributed by atoms with E-state index in [1.165, 1.54) is 0 Å². The number of rotatable bonds is 8. The average Bonchev–Trinajstić information content (AvgIpc) is 2.88. The molecule has 0 aliphatic carbocycles. The molecule has 0 radical (unpaired) electrons. The molecule has 1 aliphatic rings. The van der Waals surface area contributed by atoms with Crippen molar-refractivity contribution in [1.29, 1.82) is 0 Å². The Balaban J connectivity index is 1.67. The highest BCUT2D eigenvalue weighted by molar-refractivity contribution is 5.98. The number of nitrogens with zero attached hydrogens (tertiary/aromatic N) is 3. The maximum absolute atomic E-state index is 12.9. The van der Waals surface area contributed by atoms with Gasteiger partial charge in [0, 0.05) is 63.5 Å². The zero-order valence-electron chi connectivity index (χ0n) is 23.0. The number of ether oxygens (including phenoxy) is 1. The topological polar surface area (TPSA) is 82.2 Å². The second-order valence-electron chi connectivity index (χ2n) is 10.7. The highest BCUT2D eigenvalue weighted by Gasteiger charge is 2.22. The highest BCUT2D eigenvalue weighted by atomic mass is 16.6. The molecule has 0 unspecified atom stereocenters. The third-order valence-electron chi connectivity index (χ3n) is 6.37. The van der Waals surface area contributed by atoms with E-state index in [0.717, 1.165) is 13.1 Å². The van der Waals surface area contributed by atoms with Crippen molar-refractivity contribution >= 4 is 17.5 Å². The zero-order chi connectivity index (χ0) is 27.4. The fraction of sp³-hybridized carbons (Fsp3) is 0.500. The minimum Gasteiger partial charge on any atom is -0.459 e. The van der Waals surface area contributed by atoms with E-state index in [2.05, 4.69) is 20.0 Å². The maximum Gasteiger partial charge on any atom is 0.320 e. The minimum absolute atomic E-state index is 0.0852. The summed E-state index contributed by atoms with van der Waals surface area (Å²) in [5.74, 6) is -0.103. The van der Waals surface area contributed by atoms with Gasteiger partial charge < -0.3 is 10.1 Å². The number of nitrogens with one attached hydrogen (secondary N) is 1. The van der Waals surface area contributed by atoms with E-state index in [4.69, 9.17) is 4.74 Å². The quantitative estimate of drug-likeness (QED) is 0.419. The summed E-state index contributed by atoms with van der Waals surface area (Å²) in [6.07, 6.45) is 0. The van der Waals surface area contributed by atoms with Crippen LogP contribution in [0.15, 0.2) is 60.7 Å². The number of hydrogen-bond donors (Lipinski definition) is 1. The lowest BCUT2D eigenvalue weighted by atomic mass is 10.1. The van der Waals surface area contributed by atoms with Crippen molar-refractivity contribution in [1.82, 2.24) is 20.0 Å². The van der Waals surface area contributed by atoms with Crippen molar-refractivity contribution in [2.75, 3.05) is 72.0 Å². The van der Waals surface area contributed by atoms with E-state index in [1.807, 2.05) is 81.4 Å². The lowest BCUT2D eigenvalue weighted by molar-refractivity contribution is -0.156. The van der Waals surface area contributed by atoms with Crippen LogP contribution in [0.2, 0.25) is 0 Å². The minimum atomic E-state index is -0.558. The molecule has 2 aromatic rings. The predicted octanol–water partition coefficient (Wildman–Crippen LogP) is 2.60. The Bertz CT molecular complexity index is 956. The van der Waals surface area contributed by atoms with Gasteiger partial charge in [0.2, 0.25) is 0 Å². The van der Waals surface area contributed by atoms with Gasteiger partial charge in [0.25, 0.3) is 0 Å². The largest absolute Gasteiger partial charge is 0.459 e. The summed E-state index contributed by atoms with van der Waals surface area (Å²) >= 11 is 0. The van der Waals surface area contributed by atoms with Crippen LogP contribution in [-0.4, -0.2) is 110 Å². The first kappa shape index (κ1) is 29.6. The summed E-state index contributed by atoms with van der Waals surface area (Å²) in [6, 6.07) is 18.7. The molecule has 1 heterocycles. The Morgan fingerprint density at radius 1 is 0.658 bits per heavy atom. The Kier molecular flexibility index (Phi) is 11.6. The molecule has 1 saturated heterocycles. The summed E-state index contributed by atoms with van der Waals surface area (Å²) in [5, 5.41) is 3.46. The van der Waals surface area contributed by atoms with Crippen LogP contribution in [0.5, 0.6) is 0 Å². The Morgan fingerprint density at radius 2 is 1.05 bits per heavy atom. The Labute approximate surface area is 226 Å². The smallest absolute Gasteiger partial charge is 0.320 e. The normalized spacial score (nSPS) is 17.2. The number of Topliss-reactive ketones (excluding diaryl/α,β-unsaturated/α-hetero) is 2. The molecule has 206 valence electrons. The molecule has 0 atom stereocenters. The molecule has 0 spiro atoms. The molecule has 0 saturated carbocycles. The number of benzene rings is 2. The van der Waals surface area contributed by atoms with Crippen LogP contribution in [0, 0.1) is 0 Å². The molecule has 1 N–H and O–H groups in total. The Morgan fingerprint density at radius 3 is 1.45 bits per heavy atom. The first-order valence-corrected chi connectivity index (χ1v) is 13.5. The standard InChI is InChI=1S/C30H42N4O4/c1-30(2,3)38-29(37)24-34-20-18-32(22-27(35)25-10-6-4-7-11-25)16-14-31-15-17-33(19-21-34)23-28(36)26-12-8-5-9-13-26/h4-13,31H,14-24H2,1-3H3. The number of carbonyl (C=O) groups excluding carboxylic acids is 3. The van der Waals surface area contributed by atoms with E-state index in [1.54, 1.807) is 0 Å². The van der Waals surface area contributed by atoms with Gasteiger partial charge in [-0.3, -0.25) is 29.1 Å². The van der Waals surface area contributed by atoms with E-state index in [-0.39, 0.29) is 24.1 Å². The average molecular weight is 523 g/mol. The third-order valence-corrected chi connectivity index (χ3v) is 6.37. The Hall–Kier alpha value is -2.91. The van der Waals surface area contributed by atoms with Crippen LogP contribution in [0.1, 0.15) is 41.5 Å². The van der Waals surface area contributed by atoms with Gasteiger partial charge in [0.15, 0.2) is 11.6 Å². The van der Waals surface area contributed by atoms with E-state index in [9.17, 15) is 14.4 Å². The van der Waals surface area contributed by atoms with Gasteiger partial charge in [-0.25, -0.2) is 0 Å². The van der Waals surface area contributed by atoms with Crippen molar-refractivity contribution in [2.45, 2.75) is 26.4 Å². The lowest BCUT2D eigenvalue weighted by Gasteiger charge is -2.31. The zero-order valence-corrected chi connectivity index (χ0v) is 23.0. The van der Waals surface area contributed by atoms with E-state index < -0.39 is 5.60 Å². The summed E-state index contributed by atoms with van der Waals surface area (Å²) in [7, 11) is 0. The number of esters is 1. The second-order valence-corrected chi connectivity index (χ2v) is 10.7. The van der Waals surface area contributed by atoms with Crippen molar-refractivity contribution in [2.24, 2.45) is 0 Å². The molecule has 0 aromatic heterocycles. The molecule has 8 nitrogen and oxygen atoms in total. The molecule has 1 aliphatic heterocycles. The van der Waals surface area contributed by atoms with Crippen LogP contribution in [0.4, 0.5) is 0 Å². The highest BCUT2D eigenvalue weighted by Crippen LogP contribution is 2.09. The molecule has 1 fully saturated rings. The second kappa shape index (κ2) is 14.9. The lowest BCUT2D eigenvalue weighted by Crippen LogP contribution is -2.48. The SMILES string of the molecule is CC(C)(C)OC(=O)CN1CCN(CC(=O)c2ccccc2)CCNCCN(CC(=O)c2ccccc2)CC1. The van der Waals surface area contributed by atoms with Crippen LogP contribution < -0.4 is 5.32 Å². The summed E-state index contributed by atoms with van der Waals surface area (Å²) in [5.41, 5.74) is 0.851. The van der Waals surface area contributed by atoms with Gasteiger partial charge in [-0.15, -0.1) is 0 Å². The maximum atomic E-state index is 12.9. The van der Waals surface area contributed by atoms with Gasteiger partial charge >= 0.3 is 5.97 Å². The van der Waals surface area contributed by atoms with Crippen molar-refractivity contribution in [3.05, 3.63) is 71.8 Å². The first-order valence-electron chi connectivity index (χ1n) is 13.5. The number of ketones is 2. The van der Waals surface area contributed by atoms with Gasteiger partial charge in [0.1, 0.15) is 5.60 Å². The molecule has 38 heavy (non-hydrogen) atoms. The van der Waals surface area contributed by atoms with Crippen LogP contribution >= 0.6 is 0 Å². The van der Waals surface area contributed by atoms with Crippen LogP contribution in [0.3, 0.4) is 0 Å². The molecule has 3 rings (SSSR count). The third kappa shape index (κ3) is 10.8. The van der Waals surface area contributed by atoms with Gasteiger partial charge in [-0.1, -0.05) is 60.7 Å². The van der Waals surface area contributed by atoms with Gasteiger partial charge in [0.05, 0.1) is 19.6 Å². The first-order chi connectivity index (χ1) is 18.2. The summed E-state index contributed by atoms with van der Waals surface area (Å²) < 4.78 is 5.59. The molecular weight excluding hydrogens is 480 g/mol. The molecule has 2 aromatic carbocycles. The van der Waals surface area contributed by atoms with E-state index in [0.29, 0.717) is 63.5 Å². The number of hydrogen-bond acceptors (Lipinski definition) is 8. The summed E-state index contributed by atoms with van der Waals surface area (Å²) in [4.78, 5) is 44.8. The predicted molar refractivity (Wildman–Crippen MR) is 150 cm³/mol. The molecule has 8 heteroatoms. The summed E-state index contributed by atoms with van der Waals surface area (Å²) in [6.45, 7) is 11.8. The van der Waals surface area contributed by atoms with Crippen LogP contribution in [0.25, 0.3) is 0 Å². The van der Waals surface area contributed by atoms with Crippen molar-refractivity contribution in [3.63, 3.8) is 0 Å². The van der Waals surface area contributed by atoms with Crippen molar-refractivity contribution in [3.8, 4) is 0 Å². The van der Waals surface area contributed by atoms with Gasteiger partial charge in [-0.2, -0.15) is 0 Å². The van der Waals surface area contributed by atoms with Gasteiger partial charge in [-0.05, 0) is 20.8 Å². The van der Waals surface area contributed by atoms with Crippen molar-refractivity contribution < 1.29 is 19.1 Å². The van der Waals surface area contributed by atoms with Crippen LogP contribution in [-0.2, 0) is 9.53 Å². The molecule has 0 bridgehead atoms. The monoisotopic (exact) mass is 522 g/mol. The molecule has 0 amide bonds. The number of carbonyl (C=O) groups is 3. The van der Waals surface area contributed by atoms with E-state index >= 15 is 0 Å². The molecular formula is C30H42N4O4. The fourth-order valence-electron chi connectivity index (χ4n) is 4.37.